The molecule has 0 saturated heterocycles. The van der Waals surface area contributed by atoms with Crippen molar-refractivity contribution in [1.29, 1.82) is 0 Å². The molecular weight excluding hydrogens is 294 g/mol. The average Bonchev–Trinajstić information content (AvgIpc) is 2.34. The fraction of sp³-hybridized carbons (Fsp3) is 0.462. The summed E-state index contributed by atoms with van der Waals surface area (Å²) in [5.74, 6) is -0.523. The molecule has 4 N–H and O–H groups in total. The van der Waals surface area contributed by atoms with Crippen molar-refractivity contribution in [1.82, 2.24) is 4.72 Å². The Balaban J connectivity index is 2.88. The van der Waals surface area contributed by atoms with Crippen LogP contribution in [0.15, 0.2) is 18.2 Å². The lowest BCUT2D eigenvalue weighted by molar-refractivity contribution is 0.0602. The molecule has 0 aromatic heterocycles. The number of hydrogen-bond donors (Lipinski definition) is 3. The van der Waals surface area contributed by atoms with Crippen LogP contribution in [0.2, 0.25) is 0 Å². The van der Waals surface area contributed by atoms with Crippen LogP contribution in [0.4, 0.5) is 11.4 Å². The van der Waals surface area contributed by atoms with E-state index in [1.807, 2.05) is 0 Å². The van der Waals surface area contributed by atoms with Gasteiger partial charge in [0, 0.05) is 12.1 Å². The topological polar surface area (TPSA) is 111 Å². The summed E-state index contributed by atoms with van der Waals surface area (Å²) in [6.07, 6.45) is 1.10. The highest BCUT2D eigenvalue weighted by molar-refractivity contribution is 7.88. The van der Waals surface area contributed by atoms with Crippen LogP contribution in [-0.4, -0.2) is 39.8 Å². The quantitative estimate of drug-likeness (QED) is 0.529. The highest BCUT2D eigenvalue weighted by Crippen LogP contribution is 2.24. The molecule has 0 fully saturated rings. The Morgan fingerprint density at radius 2 is 2.00 bits per heavy atom. The number of rotatable bonds is 6. The van der Waals surface area contributed by atoms with Crippen molar-refractivity contribution in [3.8, 4) is 0 Å². The molecule has 1 aromatic carbocycles. The van der Waals surface area contributed by atoms with Gasteiger partial charge in [-0.2, -0.15) is 0 Å². The monoisotopic (exact) mass is 315 g/mol. The normalized spacial score (nSPS) is 12.0. The zero-order valence-corrected chi connectivity index (χ0v) is 13.4. The molecule has 0 amide bonds. The molecule has 0 heterocycles. The number of nitrogens with two attached hydrogens (primary N) is 1. The predicted octanol–water partition coefficient (Wildman–Crippen LogP) is 0.795. The van der Waals surface area contributed by atoms with Crippen LogP contribution in [0.25, 0.3) is 0 Å². The molecule has 0 aliphatic rings. The number of hydrogen-bond acceptors (Lipinski definition) is 6. The molecule has 1 rings (SSSR count). The van der Waals surface area contributed by atoms with E-state index in [0.29, 0.717) is 12.2 Å². The third-order valence-electron chi connectivity index (χ3n) is 2.69. The number of nitrogens with one attached hydrogen (secondary N) is 2. The Labute approximate surface area is 124 Å². The summed E-state index contributed by atoms with van der Waals surface area (Å²) in [6.45, 7) is 3.78. The van der Waals surface area contributed by atoms with Crippen molar-refractivity contribution < 1.29 is 17.9 Å². The minimum Gasteiger partial charge on any atom is -0.465 e. The van der Waals surface area contributed by atoms with Crippen LogP contribution < -0.4 is 15.8 Å². The maximum Gasteiger partial charge on any atom is 0.340 e. The standard InChI is InChI=1S/C13H21N3O4S/c1-13(2,16-21(4,18)19)8-15-10-7-5-6-9(11(10)14)12(17)20-3/h5-7,15-16H,8,14H2,1-4H3. The summed E-state index contributed by atoms with van der Waals surface area (Å²) >= 11 is 0. The van der Waals surface area contributed by atoms with Gasteiger partial charge in [-0.05, 0) is 26.0 Å². The lowest BCUT2D eigenvalue weighted by Gasteiger charge is -2.26. The molecule has 0 radical (unpaired) electrons. The zero-order valence-electron chi connectivity index (χ0n) is 12.6. The molecule has 0 aliphatic carbocycles. The molecule has 8 heteroatoms. The van der Waals surface area contributed by atoms with Gasteiger partial charge < -0.3 is 15.8 Å². The number of methoxy groups -OCH3 is 1. The number of esters is 1. The summed E-state index contributed by atoms with van der Waals surface area (Å²) < 4.78 is 29.7. The molecule has 0 bridgehead atoms. The summed E-state index contributed by atoms with van der Waals surface area (Å²) in [5.41, 5.74) is 6.27. The van der Waals surface area contributed by atoms with Crippen molar-refractivity contribution >= 4 is 27.4 Å². The number of anilines is 2. The lowest BCUT2D eigenvalue weighted by Crippen LogP contribution is -2.47. The van der Waals surface area contributed by atoms with E-state index in [9.17, 15) is 13.2 Å². The van der Waals surface area contributed by atoms with Gasteiger partial charge in [0.15, 0.2) is 0 Å². The van der Waals surface area contributed by atoms with E-state index in [-0.39, 0.29) is 11.3 Å². The molecule has 21 heavy (non-hydrogen) atoms. The second kappa shape index (κ2) is 6.31. The Morgan fingerprint density at radius 3 is 2.52 bits per heavy atom. The maximum atomic E-state index is 11.6. The Hall–Kier alpha value is -1.80. The summed E-state index contributed by atoms with van der Waals surface area (Å²) in [7, 11) is -2.04. The van der Waals surface area contributed by atoms with E-state index in [1.165, 1.54) is 7.11 Å². The van der Waals surface area contributed by atoms with Crippen molar-refractivity contribution in [2.45, 2.75) is 19.4 Å². The lowest BCUT2D eigenvalue weighted by atomic mass is 10.1. The Kier molecular flexibility index (Phi) is 5.19. The number of carbonyl (C=O) groups is 1. The third-order valence-corrected chi connectivity index (χ3v) is 3.62. The molecule has 0 spiro atoms. The predicted molar refractivity (Wildman–Crippen MR) is 82.7 cm³/mol. The van der Waals surface area contributed by atoms with Crippen molar-refractivity contribution in [2.75, 3.05) is 31.0 Å². The molecule has 0 unspecified atom stereocenters. The zero-order chi connectivity index (χ0) is 16.3. The molecule has 0 saturated carbocycles. The van der Waals surface area contributed by atoms with E-state index in [1.54, 1.807) is 32.0 Å². The van der Waals surface area contributed by atoms with Gasteiger partial charge in [0.05, 0.1) is 30.3 Å². The van der Waals surface area contributed by atoms with Gasteiger partial charge in [0.2, 0.25) is 10.0 Å². The minimum absolute atomic E-state index is 0.261. The molecular formula is C13H21N3O4S. The number of benzene rings is 1. The first-order valence-corrected chi connectivity index (χ1v) is 8.14. The van der Waals surface area contributed by atoms with Gasteiger partial charge in [0.1, 0.15) is 0 Å². The number of sulfonamides is 1. The molecule has 0 atom stereocenters. The van der Waals surface area contributed by atoms with E-state index in [0.717, 1.165) is 6.26 Å². The summed E-state index contributed by atoms with van der Waals surface area (Å²) in [5, 5.41) is 3.04. The van der Waals surface area contributed by atoms with Crippen LogP contribution in [0.1, 0.15) is 24.2 Å². The maximum absolute atomic E-state index is 11.6. The van der Waals surface area contributed by atoms with Gasteiger partial charge in [-0.1, -0.05) is 6.07 Å². The van der Waals surface area contributed by atoms with Crippen molar-refractivity contribution in [3.63, 3.8) is 0 Å². The molecule has 1 aromatic rings. The first-order chi connectivity index (χ1) is 9.56. The van der Waals surface area contributed by atoms with E-state index in [4.69, 9.17) is 5.73 Å². The van der Waals surface area contributed by atoms with E-state index >= 15 is 0 Å². The van der Waals surface area contributed by atoms with Gasteiger partial charge in [-0.3, -0.25) is 0 Å². The Morgan fingerprint density at radius 1 is 1.38 bits per heavy atom. The second-order valence-electron chi connectivity index (χ2n) is 5.37. The largest absolute Gasteiger partial charge is 0.465 e. The first-order valence-electron chi connectivity index (χ1n) is 6.25. The first kappa shape index (κ1) is 17.3. The van der Waals surface area contributed by atoms with Crippen LogP contribution in [0.3, 0.4) is 0 Å². The minimum atomic E-state index is -3.32. The van der Waals surface area contributed by atoms with Crippen molar-refractivity contribution in [3.05, 3.63) is 23.8 Å². The highest BCUT2D eigenvalue weighted by Gasteiger charge is 2.22. The number of para-hydroxylation sites is 1. The van der Waals surface area contributed by atoms with E-state index < -0.39 is 21.5 Å². The van der Waals surface area contributed by atoms with Crippen LogP contribution in [0, 0.1) is 0 Å². The van der Waals surface area contributed by atoms with Gasteiger partial charge in [-0.15, -0.1) is 0 Å². The van der Waals surface area contributed by atoms with Gasteiger partial charge in [0.25, 0.3) is 0 Å². The highest BCUT2D eigenvalue weighted by atomic mass is 32.2. The molecule has 118 valence electrons. The molecule has 0 aliphatic heterocycles. The number of nitrogen functional groups attached to an aromatic ring is 1. The van der Waals surface area contributed by atoms with Gasteiger partial charge in [-0.25, -0.2) is 17.9 Å². The van der Waals surface area contributed by atoms with Crippen LogP contribution in [-0.2, 0) is 14.8 Å². The third kappa shape index (κ3) is 5.24. The second-order valence-corrected chi connectivity index (χ2v) is 7.12. The van der Waals surface area contributed by atoms with Crippen LogP contribution >= 0.6 is 0 Å². The Bertz CT molecular complexity index is 626. The smallest absolute Gasteiger partial charge is 0.340 e. The van der Waals surface area contributed by atoms with Gasteiger partial charge >= 0.3 is 5.97 Å². The number of ether oxygens (including phenoxy) is 1. The summed E-state index contributed by atoms with van der Waals surface area (Å²) in [6, 6.07) is 4.94. The van der Waals surface area contributed by atoms with Crippen LogP contribution in [0.5, 0.6) is 0 Å². The summed E-state index contributed by atoms with van der Waals surface area (Å²) in [4.78, 5) is 11.6. The average molecular weight is 315 g/mol. The SMILES string of the molecule is COC(=O)c1cccc(NCC(C)(C)NS(C)(=O)=O)c1N. The fourth-order valence-corrected chi connectivity index (χ4v) is 2.94. The van der Waals surface area contributed by atoms with E-state index in [2.05, 4.69) is 14.8 Å². The number of carbonyl (C=O) groups excluding carboxylic acids is 1. The molecule has 7 nitrogen and oxygen atoms in total. The van der Waals surface area contributed by atoms with Crippen molar-refractivity contribution in [2.24, 2.45) is 0 Å². The fourth-order valence-electron chi connectivity index (χ4n) is 1.86.